The van der Waals surface area contributed by atoms with Crippen molar-refractivity contribution in [3.63, 3.8) is 0 Å². The Morgan fingerprint density at radius 3 is 2.73 bits per heavy atom. The van der Waals surface area contributed by atoms with Crippen LogP contribution < -0.4 is 5.32 Å². The van der Waals surface area contributed by atoms with Gasteiger partial charge in [0.2, 0.25) is 0 Å². The summed E-state index contributed by atoms with van der Waals surface area (Å²) in [5.74, 6) is -1.01. The fourth-order valence-electron chi connectivity index (χ4n) is 1.24. The first-order valence-electron chi connectivity index (χ1n) is 4.97. The maximum atomic E-state index is 13.1. The van der Waals surface area contributed by atoms with Crippen molar-refractivity contribution in [2.45, 2.75) is 12.8 Å². The van der Waals surface area contributed by atoms with E-state index in [1.54, 1.807) is 0 Å². The van der Waals surface area contributed by atoms with E-state index in [1.165, 1.54) is 12.1 Å². The molecule has 0 aliphatic carbocycles. The molecule has 0 aliphatic heterocycles. The zero-order valence-corrected chi connectivity index (χ0v) is 8.76. The third-order valence-corrected chi connectivity index (χ3v) is 2.08. The zero-order valence-electron chi connectivity index (χ0n) is 8.76. The molecule has 0 amide bonds. The molecule has 0 radical (unpaired) electrons. The molecule has 3 heteroatoms. The monoisotopic (exact) mass is 211 g/mol. The van der Waals surface area contributed by atoms with E-state index in [4.69, 9.17) is 0 Å². The first kappa shape index (κ1) is 11.9. The molecule has 0 spiro atoms. The highest BCUT2D eigenvalue weighted by atomic mass is 19.1. The summed E-state index contributed by atoms with van der Waals surface area (Å²) in [4.78, 5) is 0. The number of allylic oxidation sites excluding steroid dienone is 1. The van der Waals surface area contributed by atoms with Crippen molar-refractivity contribution >= 4 is 0 Å². The maximum Gasteiger partial charge on any atom is 0.129 e. The fraction of sp³-hybridized carbons (Fsp3) is 0.333. The predicted octanol–water partition coefficient (Wildman–Crippen LogP) is 2.67. The van der Waals surface area contributed by atoms with E-state index in [0.717, 1.165) is 19.0 Å². The molecule has 0 heterocycles. The van der Waals surface area contributed by atoms with Crippen LogP contribution in [0, 0.1) is 11.6 Å². The Bertz CT molecular complexity index is 334. The first-order valence-corrected chi connectivity index (χ1v) is 4.97. The molecule has 0 aromatic heterocycles. The highest BCUT2D eigenvalue weighted by molar-refractivity contribution is 5.20. The molecule has 0 aliphatic rings. The van der Waals surface area contributed by atoms with Crippen LogP contribution in [0.3, 0.4) is 0 Å². The molecule has 82 valence electrons. The fourth-order valence-corrected chi connectivity index (χ4v) is 1.24. The Labute approximate surface area is 88.8 Å². The summed E-state index contributed by atoms with van der Waals surface area (Å²) in [5, 5.41) is 3.01. The number of halogens is 2. The molecule has 1 N–H and O–H groups in total. The molecule has 1 aromatic carbocycles. The summed E-state index contributed by atoms with van der Waals surface area (Å²) >= 11 is 0. The minimum Gasteiger partial charge on any atom is -0.319 e. The van der Waals surface area contributed by atoms with Gasteiger partial charge in [-0.15, -0.1) is 0 Å². The number of hydrogen-bond acceptors (Lipinski definition) is 1. The number of rotatable bonds is 5. The normalized spacial score (nSPS) is 11.1. The van der Waals surface area contributed by atoms with Crippen LogP contribution in [0.25, 0.3) is 0 Å². The van der Waals surface area contributed by atoms with Gasteiger partial charge in [0.1, 0.15) is 11.6 Å². The van der Waals surface area contributed by atoms with E-state index in [-0.39, 0.29) is 0 Å². The summed E-state index contributed by atoms with van der Waals surface area (Å²) in [6.45, 7) is 0.905. The minimum atomic E-state index is -0.532. The maximum absolute atomic E-state index is 13.1. The third-order valence-electron chi connectivity index (χ3n) is 2.08. The van der Waals surface area contributed by atoms with E-state index in [2.05, 4.69) is 5.32 Å². The van der Waals surface area contributed by atoms with Crippen molar-refractivity contribution in [1.29, 1.82) is 0 Å². The first-order chi connectivity index (χ1) is 7.24. The lowest BCUT2D eigenvalue weighted by Gasteiger charge is -1.99. The van der Waals surface area contributed by atoms with Crippen molar-refractivity contribution < 1.29 is 8.78 Å². The lowest BCUT2D eigenvalue weighted by atomic mass is 10.1. The molecule has 0 unspecified atom stereocenters. The Kier molecular flexibility index (Phi) is 4.98. The molecule has 1 nitrogen and oxygen atoms in total. The van der Waals surface area contributed by atoms with Gasteiger partial charge in [0.15, 0.2) is 0 Å². The quantitative estimate of drug-likeness (QED) is 0.583. The SMILES string of the molecule is CNCCC=CCc1ccc(F)cc1F. The topological polar surface area (TPSA) is 12.0 Å². The standard InChI is InChI=1S/C12H15F2N/c1-15-8-4-2-3-5-10-6-7-11(13)9-12(10)14/h2-3,6-7,9,15H,4-5,8H2,1H3. The molecule has 0 atom stereocenters. The Hall–Kier alpha value is -1.22. The second kappa shape index (κ2) is 6.30. The number of benzene rings is 1. The second-order valence-corrected chi connectivity index (χ2v) is 3.30. The number of nitrogens with one attached hydrogen (secondary N) is 1. The van der Waals surface area contributed by atoms with E-state index in [0.29, 0.717) is 12.0 Å². The van der Waals surface area contributed by atoms with Gasteiger partial charge in [-0.1, -0.05) is 18.2 Å². The highest BCUT2D eigenvalue weighted by Gasteiger charge is 2.00. The zero-order chi connectivity index (χ0) is 11.1. The second-order valence-electron chi connectivity index (χ2n) is 3.30. The van der Waals surface area contributed by atoms with E-state index in [1.807, 2.05) is 19.2 Å². The molecular weight excluding hydrogens is 196 g/mol. The molecular formula is C12H15F2N. The van der Waals surface area contributed by atoms with Gasteiger partial charge >= 0.3 is 0 Å². The van der Waals surface area contributed by atoms with Crippen LogP contribution in [0.1, 0.15) is 12.0 Å². The largest absolute Gasteiger partial charge is 0.319 e. The van der Waals surface area contributed by atoms with Gasteiger partial charge in [0, 0.05) is 6.07 Å². The van der Waals surface area contributed by atoms with Crippen LogP contribution in [0.5, 0.6) is 0 Å². The van der Waals surface area contributed by atoms with Crippen molar-refractivity contribution in [3.05, 3.63) is 47.5 Å². The highest BCUT2D eigenvalue weighted by Crippen LogP contribution is 2.10. The lowest BCUT2D eigenvalue weighted by molar-refractivity contribution is 0.575. The molecule has 0 saturated heterocycles. The molecule has 0 bridgehead atoms. The third kappa shape index (κ3) is 4.21. The summed E-state index contributed by atoms with van der Waals surface area (Å²) < 4.78 is 25.7. The average Bonchev–Trinajstić information content (AvgIpc) is 2.20. The van der Waals surface area contributed by atoms with Gasteiger partial charge in [-0.25, -0.2) is 8.78 Å². The predicted molar refractivity (Wildman–Crippen MR) is 57.7 cm³/mol. The smallest absolute Gasteiger partial charge is 0.129 e. The van der Waals surface area contributed by atoms with E-state index < -0.39 is 11.6 Å². The van der Waals surface area contributed by atoms with Crippen LogP contribution in [0.2, 0.25) is 0 Å². The summed E-state index contributed by atoms with van der Waals surface area (Å²) in [6.07, 6.45) is 5.31. The molecule has 0 saturated carbocycles. The van der Waals surface area contributed by atoms with Gasteiger partial charge < -0.3 is 5.32 Å². The summed E-state index contributed by atoms with van der Waals surface area (Å²) in [7, 11) is 1.88. The van der Waals surface area contributed by atoms with Gasteiger partial charge in [-0.3, -0.25) is 0 Å². The van der Waals surface area contributed by atoms with Crippen LogP contribution in [0.4, 0.5) is 8.78 Å². The summed E-state index contributed by atoms with van der Waals surface area (Å²) in [5.41, 5.74) is 0.525. The van der Waals surface area contributed by atoms with Crippen LogP contribution >= 0.6 is 0 Å². The van der Waals surface area contributed by atoms with Crippen molar-refractivity contribution in [2.24, 2.45) is 0 Å². The van der Waals surface area contributed by atoms with Crippen LogP contribution in [-0.4, -0.2) is 13.6 Å². The Morgan fingerprint density at radius 2 is 2.07 bits per heavy atom. The van der Waals surface area contributed by atoms with Gasteiger partial charge in [0.25, 0.3) is 0 Å². The van der Waals surface area contributed by atoms with Crippen molar-refractivity contribution in [1.82, 2.24) is 5.32 Å². The van der Waals surface area contributed by atoms with E-state index in [9.17, 15) is 8.78 Å². The molecule has 15 heavy (non-hydrogen) atoms. The Morgan fingerprint density at radius 1 is 1.27 bits per heavy atom. The molecule has 1 aromatic rings. The van der Waals surface area contributed by atoms with Gasteiger partial charge in [-0.05, 0) is 38.1 Å². The summed E-state index contributed by atoms with van der Waals surface area (Å²) in [6, 6.07) is 3.67. The van der Waals surface area contributed by atoms with Crippen molar-refractivity contribution in [2.75, 3.05) is 13.6 Å². The van der Waals surface area contributed by atoms with E-state index >= 15 is 0 Å². The van der Waals surface area contributed by atoms with Gasteiger partial charge in [0.05, 0.1) is 0 Å². The Balaban J connectivity index is 2.47. The van der Waals surface area contributed by atoms with Crippen molar-refractivity contribution in [3.8, 4) is 0 Å². The van der Waals surface area contributed by atoms with Crippen LogP contribution in [0.15, 0.2) is 30.4 Å². The minimum absolute atomic E-state index is 0.478. The lowest BCUT2D eigenvalue weighted by Crippen LogP contribution is -2.05. The van der Waals surface area contributed by atoms with Gasteiger partial charge in [-0.2, -0.15) is 0 Å². The number of hydrogen-bond donors (Lipinski definition) is 1. The molecule has 1 rings (SSSR count). The van der Waals surface area contributed by atoms with Crippen LogP contribution in [-0.2, 0) is 6.42 Å². The molecule has 0 fully saturated rings. The average molecular weight is 211 g/mol.